The average Bonchev–Trinajstić information content (AvgIpc) is 3.53. The van der Waals surface area contributed by atoms with Crippen LogP contribution in [0.15, 0.2) is 42.6 Å². The molecule has 0 radical (unpaired) electrons. The van der Waals surface area contributed by atoms with Crippen molar-refractivity contribution in [2.24, 2.45) is 5.92 Å². The van der Waals surface area contributed by atoms with E-state index in [1.807, 2.05) is 0 Å². The Morgan fingerprint density at radius 2 is 1.88 bits per heavy atom. The largest absolute Gasteiger partial charge is 0.417 e. The molecule has 0 aliphatic heterocycles. The van der Waals surface area contributed by atoms with E-state index < -0.39 is 19.8 Å². The fourth-order valence-corrected chi connectivity index (χ4v) is 4.38. The van der Waals surface area contributed by atoms with Gasteiger partial charge in [-0.1, -0.05) is 37.8 Å². The lowest BCUT2D eigenvalue weighted by molar-refractivity contribution is -0.137. The molecule has 1 aromatic carbocycles. The Balaban J connectivity index is 1.72. The molecule has 1 aliphatic carbocycles. The third kappa shape index (κ3) is 5.65. The van der Waals surface area contributed by atoms with Crippen LogP contribution >= 0.6 is 0 Å². The Morgan fingerprint density at radius 3 is 2.55 bits per heavy atom. The third-order valence-corrected chi connectivity index (χ3v) is 7.38. The Bertz CT molecular complexity index is 1160. The fourth-order valence-electron chi connectivity index (χ4n) is 3.63. The number of carbonyl (C=O) groups excluding carboxylic acids is 1. The lowest BCUT2D eigenvalue weighted by Gasteiger charge is -2.15. The molecule has 1 saturated carbocycles. The highest BCUT2D eigenvalue weighted by Gasteiger charge is 2.34. The van der Waals surface area contributed by atoms with Crippen molar-refractivity contribution < 1.29 is 22.7 Å². The van der Waals surface area contributed by atoms with Gasteiger partial charge < -0.3 is 14.6 Å². The second kappa shape index (κ2) is 8.94. The second-order valence-electron chi connectivity index (χ2n) is 9.74. The normalized spacial score (nSPS) is 14.6. The van der Waals surface area contributed by atoms with Crippen LogP contribution in [-0.2, 0) is 22.4 Å². The monoisotopic (exact) mass is 475 g/mol. The Kier molecular flexibility index (Phi) is 6.37. The number of hydrogen-bond donors (Lipinski definition) is 1. The molecule has 4 rings (SSSR count). The average molecular weight is 476 g/mol. The van der Waals surface area contributed by atoms with E-state index in [9.17, 15) is 18.0 Å². The highest BCUT2D eigenvalue weighted by molar-refractivity contribution is 6.76. The van der Waals surface area contributed by atoms with Crippen LogP contribution in [0.4, 0.5) is 19.0 Å². The quantitative estimate of drug-likeness (QED) is 0.304. The zero-order chi connectivity index (χ0) is 23.8. The molecule has 0 saturated heterocycles. The van der Waals surface area contributed by atoms with Crippen molar-refractivity contribution in [2.75, 3.05) is 11.9 Å². The van der Waals surface area contributed by atoms with E-state index in [2.05, 4.69) is 29.9 Å². The van der Waals surface area contributed by atoms with Crippen molar-refractivity contribution >= 4 is 30.8 Å². The summed E-state index contributed by atoms with van der Waals surface area (Å²) in [4.78, 5) is 16.7. The summed E-state index contributed by atoms with van der Waals surface area (Å²) in [5.41, 5.74) is 0.296. The van der Waals surface area contributed by atoms with Crippen LogP contribution in [-0.4, -0.2) is 30.1 Å². The zero-order valence-electron chi connectivity index (χ0n) is 19.0. The molecule has 0 spiro atoms. The van der Waals surface area contributed by atoms with Gasteiger partial charge in [-0.05, 0) is 42.6 Å². The van der Waals surface area contributed by atoms with E-state index >= 15 is 0 Å². The first-order valence-electron chi connectivity index (χ1n) is 11.1. The van der Waals surface area contributed by atoms with Crippen LogP contribution in [0, 0.1) is 5.92 Å². The van der Waals surface area contributed by atoms with E-state index in [0.29, 0.717) is 29.0 Å². The van der Waals surface area contributed by atoms with Gasteiger partial charge in [0.05, 0.1) is 5.56 Å². The molecule has 0 atom stereocenters. The molecule has 3 aromatic rings. The van der Waals surface area contributed by atoms with Gasteiger partial charge in [0.15, 0.2) is 0 Å². The van der Waals surface area contributed by atoms with Crippen LogP contribution in [0.5, 0.6) is 0 Å². The predicted octanol–water partition coefficient (Wildman–Crippen LogP) is 6.38. The molecule has 176 valence electrons. The summed E-state index contributed by atoms with van der Waals surface area (Å²) in [6, 6.07) is 9.86. The van der Waals surface area contributed by atoms with Crippen molar-refractivity contribution in [3.63, 3.8) is 0 Å². The highest BCUT2D eigenvalue weighted by atomic mass is 28.3. The van der Waals surface area contributed by atoms with Crippen molar-refractivity contribution in [3.05, 3.63) is 48.2 Å². The number of nitrogens with one attached hydrogen (secondary N) is 1. The zero-order valence-corrected chi connectivity index (χ0v) is 20.0. The number of halogens is 3. The van der Waals surface area contributed by atoms with Gasteiger partial charge in [-0.25, -0.2) is 4.98 Å². The Hall–Kier alpha value is -2.65. The molecule has 1 amide bonds. The van der Waals surface area contributed by atoms with Crippen LogP contribution in [0.25, 0.3) is 22.2 Å². The third-order valence-electron chi connectivity index (χ3n) is 5.67. The molecule has 1 fully saturated rings. The van der Waals surface area contributed by atoms with Crippen molar-refractivity contribution in [2.45, 2.75) is 51.4 Å². The number of rotatable bonds is 8. The molecule has 9 heteroatoms. The maximum Gasteiger partial charge on any atom is 0.417 e. The van der Waals surface area contributed by atoms with Crippen LogP contribution in [0.2, 0.25) is 25.7 Å². The summed E-state index contributed by atoms with van der Waals surface area (Å²) >= 11 is 0. The molecule has 2 heterocycles. The fraction of sp³-hybridized carbons (Fsp3) is 0.417. The number of nitrogens with zero attached hydrogens (tertiary/aromatic N) is 2. The minimum atomic E-state index is -4.48. The number of carbonyl (C=O) groups is 1. The predicted molar refractivity (Wildman–Crippen MR) is 126 cm³/mol. The van der Waals surface area contributed by atoms with E-state index in [-0.39, 0.29) is 24.1 Å². The molecular weight excluding hydrogens is 447 g/mol. The van der Waals surface area contributed by atoms with Crippen molar-refractivity contribution in [1.82, 2.24) is 9.55 Å². The summed E-state index contributed by atoms with van der Waals surface area (Å²) < 4.78 is 48.7. The molecule has 0 unspecified atom stereocenters. The second-order valence-corrected chi connectivity index (χ2v) is 15.4. The van der Waals surface area contributed by atoms with Gasteiger partial charge in [-0.15, -0.1) is 0 Å². The first-order chi connectivity index (χ1) is 15.5. The summed E-state index contributed by atoms with van der Waals surface area (Å²) in [5, 5.41) is 3.39. The van der Waals surface area contributed by atoms with Gasteiger partial charge in [0, 0.05) is 37.7 Å². The maximum atomic E-state index is 13.7. The lowest BCUT2D eigenvalue weighted by atomic mass is 9.99. The smallest absolute Gasteiger partial charge is 0.361 e. The van der Waals surface area contributed by atoms with Gasteiger partial charge in [-0.2, -0.15) is 13.2 Å². The molecule has 2 aromatic heterocycles. The van der Waals surface area contributed by atoms with Gasteiger partial charge in [0.2, 0.25) is 5.91 Å². The van der Waals surface area contributed by atoms with E-state index in [4.69, 9.17) is 4.74 Å². The lowest BCUT2D eigenvalue weighted by Crippen LogP contribution is -2.22. The number of pyridine rings is 1. The van der Waals surface area contributed by atoms with E-state index in [1.54, 1.807) is 29.0 Å². The van der Waals surface area contributed by atoms with Crippen molar-refractivity contribution in [3.8, 4) is 11.1 Å². The van der Waals surface area contributed by atoms with Crippen LogP contribution in [0.3, 0.4) is 0 Å². The summed E-state index contributed by atoms with van der Waals surface area (Å²) in [6.45, 7) is 7.50. The minimum Gasteiger partial charge on any atom is -0.361 e. The Morgan fingerprint density at radius 1 is 1.15 bits per heavy atom. The van der Waals surface area contributed by atoms with Crippen LogP contribution in [0.1, 0.15) is 18.4 Å². The van der Waals surface area contributed by atoms with Gasteiger partial charge in [0.25, 0.3) is 0 Å². The molecule has 5 nitrogen and oxygen atoms in total. The summed E-state index contributed by atoms with van der Waals surface area (Å²) in [6.07, 6.45) is -1.09. The number of alkyl halides is 3. The number of ether oxygens (including phenoxy) is 1. The number of anilines is 1. The number of amides is 1. The van der Waals surface area contributed by atoms with Gasteiger partial charge in [-0.3, -0.25) is 4.79 Å². The molecule has 33 heavy (non-hydrogen) atoms. The standard InChI is InChI=1S/C24H28F3N3O2Si/c1-33(2,3)13-12-32-15-30-14-19(17-6-4-5-7-20(17)24(25,26)27)18-10-11-21(28-22(18)30)29-23(31)16-8-9-16/h4-7,10-11,14,16H,8-9,12-13,15H2,1-3H3,(H,28,29,31). The number of aromatic nitrogens is 2. The number of benzene rings is 1. The van der Waals surface area contributed by atoms with E-state index in [1.165, 1.54) is 12.1 Å². The SMILES string of the molecule is C[Si](C)(C)CCOCn1cc(-c2ccccc2C(F)(F)F)c2ccc(NC(=O)C3CC3)nc21. The molecule has 1 N–H and O–H groups in total. The van der Waals surface area contributed by atoms with Gasteiger partial charge >= 0.3 is 6.18 Å². The minimum absolute atomic E-state index is 0.0217. The Labute approximate surface area is 192 Å². The molecular formula is C24H28F3N3O2Si. The van der Waals surface area contributed by atoms with Gasteiger partial charge in [0.1, 0.15) is 18.2 Å². The van der Waals surface area contributed by atoms with Crippen LogP contribution < -0.4 is 5.32 Å². The number of fused-ring (bicyclic) bond motifs is 1. The number of hydrogen-bond acceptors (Lipinski definition) is 3. The topological polar surface area (TPSA) is 56.1 Å². The molecule has 0 bridgehead atoms. The first-order valence-corrected chi connectivity index (χ1v) is 14.8. The summed E-state index contributed by atoms with van der Waals surface area (Å²) in [5.74, 6) is 0.332. The van der Waals surface area contributed by atoms with Crippen molar-refractivity contribution in [1.29, 1.82) is 0 Å². The van der Waals surface area contributed by atoms with E-state index in [0.717, 1.165) is 25.0 Å². The highest BCUT2D eigenvalue weighted by Crippen LogP contribution is 2.40. The first kappa shape index (κ1) is 23.5. The maximum absolute atomic E-state index is 13.7. The summed E-state index contributed by atoms with van der Waals surface area (Å²) in [7, 11) is -1.28. The molecule has 1 aliphatic rings.